The molecule has 2 rings (SSSR count). The van der Waals surface area contributed by atoms with E-state index >= 15 is 0 Å². The Balaban J connectivity index is 2.26. The number of nitriles is 1. The van der Waals surface area contributed by atoms with E-state index in [1.807, 2.05) is 13.0 Å². The molecule has 19 heavy (non-hydrogen) atoms. The molecule has 0 aromatic carbocycles. The lowest BCUT2D eigenvalue weighted by molar-refractivity contribution is 0.102. The monoisotopic (exact) mass is 255 g/mol. The number of amides is 1. The Morgan fingerprint density at radius 2 is 2.32 bits per heavy atom. The summed E-state index contributed by atoms with van der Waals surface area (Å²) in [5.74, 6) is 0.0835. The van der Waals surface area contributed by atoms with Crippen molar-refractivity contribution >= 4 is 11.7 Å². The number of carbonyl (C=O) groups excluding carboxylic acids is 1. The molecule has 2 aromatic rings. The molecule has 1 N–H and O–H groups in total. The van der Waals surface area contributed by atoms with Gasteiger partial charge in [0.2, 0.25) is 0 Å². The average molecular weight is 255 g/mol. The zero-order valence-corrected chi connectivity index (χ0v) is 10.7. The quantitative estimate of drug-likeness (QED) is 0.900. The van der Waals surface area contributed by atoms with E-state index in [2.05, 4.69) is 15.4 Å². The zero-order chi connectivity index (χ0) is 13.8. The number of aryl methyl sites for hydroxylation is 2. The molecule has 0 aliphatic heterocycles. The number of carbonyl (C=O) groups is 1. The molecule has 96 valence electrons. The molecular formula is C13H13N5O. The summed E-state index contributed by atoms with van der Waals surface area (Å²) in [5.41, 5.74) is 1.37. The molecule has 0 aliphatic carbocycles. The highest BCUT2D eigenvalue weighted by Gasteiger charge is 2.11. The lowest BCUT2D eigenvalue weighted by atomic mass is 10.1. The molecular weight excluding hydrogens is 242 g/mol. The summed E-state index contributed by atoms with van der Waals surface area (Å²) < 4.78 is 1.59. The summed E-state index contributed by atoms with van der Waals surface area (Å²) in [6.07, 6.45) is 2.39. The number of hydrogen-bond acceptors (Lipinski definition) is 4. The first-order valence-corrected chi connectivity index (χ1v) is 5.84. The third-order valence-corrected chi connectivity index (χ3v) is 2.56. The van der Waals surface area contributed by atoms with E-state index in [4.69, 9.17) is 5.26 Å². The Morgan fingerprint density at radius 1 is 1.53 bits per heavy atom. The molecule has 0 aliphatic rings. The van der Waals surface area contributed by atoms with Crippen LogP contribution in [0.15, 0.2) is 24.4 Å². The van der Waals surface area contributed by atoms with Crippen LogP contribution in [0.2, 0.25) is 0 Å². The molecule has 2 aromatic heterocycles. The predicted octanol–water partition coefficient (Wildman–Crippen LogP) is 1.50. The van der Waals surface area contributed by atoms with Gasteiger partial charge in [-0.25, -0.2) is 4.98 Å². The van der Waals surface area contributed by atoms with E-state index in [0.29, 0.717) is 23.5 Å². The van der Waals surface area contributed by atoms with Crippen LogP contribution in [0.1, 0.15) is 28.7 Å². The van der Waals surface area contributed by atoms with Crippen LogP contribution < -0.4 is 5.32 Å². The minimum Gasteiger partial charge on any atom is -0.304 e. The number of anilines is 1. The second kappa shape index (κ2) is 5.31. The van der Waals surface area contributed by atoms with Crippen LogP contribution in [-0.4, -0.2) is 20.7 Å². The maximum atomic E-state index is 12.0. The molecule has 0 unspecified atom stereocenters. The maximum Gasteiger partial charge on any atom is 0.275 e. The minimum atomic E-state index is -0.370. The van der Waals surface area contributed by atoms with Gasteiger partial charge >= 0.3 is 0 Å². The number of aromatic nitrogens is 3. The van der Waals surface area contributed by atoms with Crippen LogP contribution in [0.4, 0.5) is 5.82 Å². The number of rotatable bonds is 3. The summed E-state index contributed by atoms with van der Waals surface area (Å²) in [5, 5.41) is 15.6. The minimum absolute atomic E-state index is 0.224. The fourth-order valence-electron chi connectivity index (χ4n) is 1.61. The Hall–Kier alpha value is -2.68. The van der Waals surface area contributed by atoms with Gasteiger partial charge in [0, 0.05) is 25.0 Å². The normalized spacial score (nSPS) is 9.95. The summed E-state index contributed by atoms with van der Waals surface area (Å²) >= 11 is 0. The van der Waals surface area contributed by atoms with Crippen molar-refractivity contribution in [1.29, 1.82) is 5.26 Å². The molecule has 6 heteroatoms. The van der Waals surface area contributed by atoms with Gasteiger partial charge in [-0.3, -0.25) is 9.48 Å². The average Bonchev–Trinajstić information content (AvgIpc) is 2.83. The highest BCUT2D eigenvalue weighted by molar-refractivity contribution is 6.02. The van der Waals surface area contributed by atoms with Crippen molar-refractivity contribution in [1.82, 2.24) is 14.8 Å². The van der Waals surface area contributed by atoms with Crippen LogP contribution in [0.3, 0.4) is 0 Å². The number of nitrogens with zero attached hydrogens (tertiary/aromatic N) is 4. The molecule has 0 fully saturated rings. The van der Waals surface area contributed by atoms with Crippen molar-refractivity contribution in [3.8, 4) is 6.07 Å². The molecule has 0 spiro atoms. The van der Waals surface area contributed by atoms with Gasteiger partial charge in [-0.05, 0) is 18.6 Å². The summed E-state index contributed by atoms with van der Waals surface area (Å²) in [4.78, 5) is 16.2. The topological polar surface area (TPSA) is 83.6 Å². The number of hydrogen-bond donors (Lipinski definition) is 1. The van der Waals surface area contributed by atoms with Gasteiger partial charge in [-0.2, -0.15) is 10.4 Å². The van der Waals surface area contributed by atoms with Crippen molar-refractivity contribution in [3.63, 3.8) is 0 Å². The zero-order valence-electron chi connectivity index (χ0n) is 10.7. The fourth-order valence-corrected chi connectivity index (χ4v) is 1.61. The van der Waals surface area contributed by atoms with E-state index < -0.39 is 0 Å². The van der Waals surface area contributed by atoms with E-state index in [1.165, 1.54) is 6.07 Å². The Bertz CT molecular complexity index is 653. The first-order chi connectivity index (χ1) is 9.12. The molecule has 0 bridgehead atoms. The van der Waals surface area contributed by atoms with Gasteiger partial charge < -0.3 is 5.32 Å². The molecule has 0 radical (unpaired) electrons. The first-order valence-electron chi connectivity index (χ1n) is 5.84. The van der Waals surface area contributed by atoms with Crippen LogP contribution >= 0.6 is 0 Å². The molecule has 1 amide bonds. The summed E-state index contributed by atoms with van der Waals surface area (Å²) in [6.45, 7) is 1.92. The third kappa shape index (κ3) is 2.96. The molecule has 0 saturated heterocycles. The lowest BCUT2D eigenvalue weighted by Gasteiger charge is -2.04. The standard InChI is InChI=1S/C13H13N5O/c1-3-10-6-9(8-14)7-11(15-10)13(19)16-12-4-5-18(2)17-12/h4-7H,3H2,1-2H3,(H,16,17,19). The van der Waals surface area contributed by atoms with E-state index in [-0.39, 0.29) is 11.6 Å². The molecule has 0 saturated carbocycles. The smallest absolute Gasteiger partial charge is 0.275 e. The van der Waals surface area contributed by atoms with Crippen LogP contribution in [0, 0.1) is 11.3 Å². The first kappa shape index (κ1) is 12.8. The predicted molar refractivity (Wildman–Crippen MR) is 69.5 cm³/mol. The van der Waals surface area contributed by atoms with Crippen molar-refractivity contribution in [3.05, 3.63) is 41.3 Å². The SMILES string of the molecule is CCc1cc(C#N)cc(C(=O)Nc2ccn(C)n2)n1. The number of pyridine rings is 1. The highest BCUT2D eigenvalue weighted by atomic mass is 16.1. The molecule has 6 nitrogen and oxygen atoms in total. The maximum absolute atomic E-state index is 12.0. The second-order valence-corrected chi connectivity index (χ2v) is 4.03. The Kier molecular flexibility index (Phi) is 3.57. The summed E-state index contributed by atoms with van der Waals surface area (Å²) in [7, 11) is 1.76. The van der Waals surface area contributed by atoms with E-state index in [1.54, 1.807) is 30.1 Å². The van der Waals surface area contributed by atoms with Crippen LogP contribution in [0.5, 0.6) is 0 Å². The van der Waals surface area contributed by atoms with Gasteiger partial charge in [0.1, 0.15) is 5.69 Å². The van der Waals surface area contributed by atoms with Gasteiger partial charge in [-0.1, -0.05) is 6.92 Å². The second-order valence-electron chi connectivity index (χ2n) is 4.03. The fraction of sp³-hybridized carbons (Fsp3) is 0.231. The molecule has 2 heterocycles. The van der Waals surface area contributed by atoms with Crippen molar-refractivity contribution < 1.29 is 4.79 Å². The highest BCUT2D eigenvalue weighted by Crippen LogP contribution is 2.09. The van der Waals surface area contributed by atoms with Gasteiger partial charge in [-0.15, -0.1) is 0 Å². The van der Waals surface area contributed by atoms with Gasteiger partial charge in [0.15, 0.2) is 5.82 Å². The van der Waals surface area contributed by atoms with Crippen molar-refractivity contribution in [2.45, 2.75) is 13.3 Å². The third-order valence-electron chi connectivity index (χ3n) is 2.56. The van der Waals surface area contributed by atoms with Crippen molar-refractivity contribution in [2.75, 3.05) is 5.32 Å². The Labute approximate surface area is 110 Å². The van der Waals surface area contributed by atoms with E-state index in [0.717, 1.165) is 0 Å². The van der Waals surface area contributed by atoms with Crippen molar-refractivity contribution in [2.24, 2.45) is 7.05 Å². The van der Waals surface area contributed by atoms with Crippen LogP contribution in [0.25, 0.3) is 0 Å². The Morgan fingerprint density at radius 3 is 2.89 bits per heavy atom. The van der Waals surface area contributed by atoms with Gasteiger partial charge in [0.05, 0.1) is 11.6 Å². The molecule has 0 atom stereocenters. The van der Waals surface area contributed by atoms with Crippen LogP contribution in [-0.2, 0) is 13.5 Å². The number of nitrogens with one attached hydrogen (secondary N) is 1. The largest absolute Gasteiger partial charge is 0.304 e. The summed E-state index contributed by atoms with van der Waals surface area (Å²) in [6, 6.07) is 6.86. The van der Waals surface area contributed by atoms with Gasteiger partial charge in [0.25, 0.3) is 5.91 Å². The van der Waals surface area contributed by atoms with E-state index in [9.17, 15) is 4.79 Å². The lowest BCUT2D eigenvalue weighted by Crippen LogP contribution is -2.15.